The molecule has 2 aromatic carbocycles. The van der Waals surface area contributed by atoms with Gasteiger partial charge in [0, 0.05) is 5.69 Å². The van der Waals surface area contributed by atoms with E-state index in [0.29, 0.717) is 16.8 Å². The van der Waals surface area contributed by atoms with Crippen LogP contribution in [0.15, 0.2) is 36.4 Å². The molecule has 0 unspecified atom stereocenters. The lowest BCUT2D eigenvalue weighted by Gasteiger charge is -2.10. The highest BCUT2D eigenvalue weighted by Gasteiger charge is 2.05. The Morgan fingerprint density at radius 1 is 1.00 bits per heavy atom. The average molecular weight is 248 g/mol. The van der Waals surface area contributed by atoms with Crippen LogP contribution in [0.3, 0.4) is 0 Å². The molecule has 0 amide bonds. The molecule has 0 spiro atoms. The van der Waals surface area contributed by atoms with E-state index in [1.54, 1.807) is 18.2 Å². The fraction of sp³-hybridized carbons (Fsp3) is 0.0667. The zero-order valence-electron chi connectivity index (χ0n) is 10.4. The van der Waals surface area contributed by atoms with E-state index in [-0.39, 0.29) is 0 Å². The first kappa shape index (κ1) is 12.5. The molecule has 19 heavy (non-hydrogen) atoms. The third-order valence-corrected chi connectivity index (χ3v) is 2.75. The number of nitrogens with two attached hydrogens (primary N) is 1. The maximum Gasteiger partial charge on any atom is 0.101 e. The first-order valence-corrected chi connectivity index (χ1v) is 5.71. The van der Waals surface area contributed by atoms with Crippen molar-refractivity contribution in [1.29, 1.82) is 10.5 Å². The van der Waals surface area contributed by atoms with E-state index in [1.165, 1.54) is 0 Å². The van der Waals surface area contributed by atoms with E-state index < -0.39 is 0 Å². The van der Waals surface area contributed by atoms with Crippen LogP contribution < -0.4 is 11.1 Å². The van der Waals surface area contributed by atoms with Gasteiger partial charge in [0.1, 0.15) is 12.1 Å². The Hall–Kier alpha value is -2.98. The van der Waals surface area contributed by atoms with Gasteiger partial charge in [0.15, 0.2) is 0 Å². The summed E-state index contributed by atoms with van der Waals surface area (Å²) in [5.41, 5.74) is 9.83. The summed E-state index contributed by atoms with van der Waals surface area (Å²) < 4.78 is 0. The van der Waals surface area contributed by atoms with Crippen LogP contribution in [0.1, 0.15) is 16.7 Å². The SMILES string of the molecule is Cc1ccc(N)c(Nc2ccc(C#N)c(C#N)c2)c1. The molecule has 4 heteroatoms. The molecule has 2 aromatic rings. The second-order valence-electron chi connectivity index (χ2n) is 4.20. The van der Waals surface area contributed by atoms with Crippen LogP contribution in [0.25, 0.3) is 0 Å². The van der Waals surface area contributed by atoms with E-state index in [0.717, 1.165) is 16.9 Å². The first-order chi connectivity index (χ1) is 9.13. The predicted molar refractivity (Wildman–Crippen MR) is 74.7 cm³/mol. The Morgan fingerprint density at radius 2 is 1.74 bits per heavy atom. The normalized spacial score (nSPS) is 9.42. The molecule has 92 valence electrons. The Labute approximate surface area is 111 Å². The summed E-state index contributed by atoms with van der Waals surface area (Å²) in [6.07, 6.45) is 0. The van der Waals surface area contributed by atoms with Gasteiger partial charge in [-0.25, -0.2) is 0 Å². The molecule has 0 bridgehead atoms. The maximum absolute atomic E-state index is 8.99. The Morgan fingerprint density at radius 3 is 2.42 bits per heavy atom. The maximum atomic E-state index is 8.99. The minimum Gasteiger partial charge on any atom is -0.397 e. The fourth-order valence-corrected chi connectivity index (χ4v) is 1.75. The molecule has 4 nitrogen and oxygen atoms in total. The van der Waals surface area contributed by atoms with Crippen molar-refractivity contribution in [1.82, 2.24) is 0 Å². The molecular weight excluding hydrogens is 236 g/mol. The molecule has 0 aliphatic heterocycles. The van der Waals surface area contributed by atoms with Crippen LogP contribution in [0.4, 0.5) is 17.1 Å². The van der Waals surface area contributed by atoms with E-state index in [1.807, 2.05) is 37.3 Å². The van der Waals surface area contributed by atoms with Crippen LogP contribution in [0, 0.1) is 29.6 Å². The van der Waals surface area contributed by atoms with Gasteiger partial charge < -0.3 is 11.1 Å². The van der Waals surface area contributed by atoms with Crippen molar-refractivity contribution in [3.05, 3.63) is 53.1 Å². The molecule has 0 aliphatic carbocycles. The average Bonchev–Trinajstić information content (AvgIpc) is 2.42. The summed E-state index contributed by atoms with van der Waals surface area (Å²) in [7, 11) is 0. The van der Waals surface area contributed by atoms with Crippen LogP contribution in [0.5, 0.6) is 0 Å². The number of hydrogen-bond acceptors (Lipinski definition) is 4. The number of hydrogen-bond donors (Lipinski definition) is 2. The van der Waals surface area contributed by atoms with Gasteiger partial charge in [0.2, 0.25) is 0 Å². The van der Waals surface area contributed by atoms with E-state index >= 15 is 0 Å². The summed E-state index contributed by atoms with van der Waals surface area (Å²) in [6.45, 7) is 1.98. The number of rotatable bonds is 2. The summed E-state index contributed by atoms with van der Waals surface area (Å²) in [5, 5.41) is 21.0. The van der Waals surface area contributed by atoms with Crippen molar-refractivity contribution in [2.45, 2.75) is 6.92 Å². The molecule has 0 heterocycles. The summed E-state index contributed by atoms with van der Waals surface area (Å²) in [4.78, 5) is 0. The van der Waals surface area contributed by atoms with Gasteiger partial charge in [-0.3, -0.25) is 0 Å². The molecule has 0 saturated carbocycles. The van der Waals surface area contributed by atoms with Crippen LogP contribution >= 0.6 is 0 Å². The molecule has 0 saturated heterocycles. The number of anilines is 3. The van der Waals surface area contributed by atoms with Crippen LogP contribution in [0.2, 0.25) is 0 Å². The molecule has 0 aromatic heterocycles. The highest BCUT2D eigenvalue weighted by molar-refractivity contribution is 5.74. The van der Waals surface area contributed by atoms with Gasteiger partial charge in [-0.1, -0.05) is 6.07 Å². The quantitative estimate of drug-likeness (QED) is 0.800. The number of nitrogens with zero attached hydrogens (tertiary/aromatic N) is 2. The molecule has 0 atom stereocenters. The van der Waals surface area contributed by atoms with Gasteiger partial charge in [0.05, 0.1) is 22.5 Å². The number of nitriles is 2. The zero-order chi connectivity index (χ0) is 13.8. The molecule has 2 rings (SSSR count). The third kappa shape index (κ3) is 2.65. The predicted octanol–water partition coefficient (Wildman–Crippen LogP) is 3.06. The lowest BCUT2D eigenvalue weighted by atomic mass is 10.1. The summed E-state index contributed by atoms with van der Waals surface area (Å²) in [6, 6.07) is 14.7. The first-order valence-electron chi connectivity index (χ1n) is 5.71. The number of nitrogens with one attached hydrogen (secondary N) is 1. The van der Waals surface area contributed by atoms with Gasteiger partial charge in [-0.15, -0.1) is 0 Å². The largest absolute Gasteiger partial charge is 0.397 e. The van der Waals surface area contributed by atoms with Crippen molar-refractivity contribution in [2.75, 3.05) is 11.1 Å². The molecular formula is C15H12N4. The van der Waals surface area contributed by atoms with E-state index in [9.17, 15) is 0 Å². The third-order valence-electron chi connectivity index (χ3n) is 2.75. The smallest absolute Gasteiger partial charge is 0.101 e. The van der Waals surface area contributed by atoms with Crippen molar-refractivity contribution >= 4 is 17.1 Å². The van der Waals surface area contributed by atoms with Gasteiger partial charge in [0.25, 0.3) is 0 Å². The minimum atomic E-state index is 0.346. The van der Waals surface area contributed by atoms with Gasteiger partial charge in [-0.05, 0) is 42.8 Å². The molecule has 0 aliphatic rings. The Kier molecular flexibility index (Phi) is 3.36. The van der Waals surface area contributed by atoms with Gasteiger partial charge in [-0.2, -0.15) is 10.5 Å². The standard InChI is InChI=1S/C15H12N4/c1-10-2-5-14(18)15(6-10)19-13-4-3-11(8-16)12(7-13)9-17/h2-7,19H,18H2,1H3. The Bertz CT molecular complexity index is 705. The topological polar surface area (TPSA) is 85.6 Å². The summed E-state index contributed by atoms with van der Waals surface area (Å²) in [5.74, 6) is 0. The molecule has 3 N–H and O–H groups in total. The number of aryl methyl sites for hydroxylation is 1. The highest BCUT2D eigenvalue weighted by Crippen LogP contribution is 2.25. The van der Waals surface area contributed by atoms with Crippen molar-refractivity contribution in [2.24, 2.45) is 0 Å². The lowest BCUT2D eigenvalue weighted by molar-refractivity contribution is 1.41. The van der Waals surface area contributed by atoms with Crippen molar-refractivity contribution in [3.63, 3.8) is 0 Å². The highest BCUT2D eigenvalue weighted by atomic mass is 14.9. The van der Waals surface area contributed by atoms with Crippen LogP contribution in [-0.2, 0) is 0 Å². The van der Waals surface area contributed by atoms with Crippen molar-refractivity contribution in [3.8, 4) is 12.1 Å². The number of nitrogen functional groups attached to an aromatic ring is 1. The van der Waals surface area contributed by atoms with E-state index in [4.69, 9.17) is 16.3 Å². The zero-order valence-corrected chi connectivity index (χ0v) is 10.4. The van der Waals surface area contributed by atoms with E-state index in [2.05, 4.69) is 5.32 Å². The monoisotopic (exact) mass is 248 g/mol. The molecule has 0 fully saturated rings. The minimum absolute atomic E-state index is 0.346. The second-order valence-corrected chi connectivity index (χ2v) is 4.20. The van der Waals surface area contributed by atoms with Gasteiger partial charge >= 0.3 is 0 Å². The fourth-order valence-electron chi connectivity index (χ4n) is 1.75. The second kappa shape index (κ2) is 5.12. The molecule has 0 radical (unpaired) electrons. The number of benzene rings is 2. The lowest BCUT2D eigenvalue weighted by Crippen LogP contribution is -1.97. The summed E-state index contributed by atoms with van der Waals surface area (Å²) >= 11 is 0. The van der Waals surface area contributed by atoms with Crippen LogP contribution in [-0.4, -0.2) is 0 Å². The Balaban J connectivity index is 2.37. The van der Waals surface area contributed by atoms with Crippen molar-refractivity contribution < 1.29 is 0 Å².